The van der Waals surface area contributed by atoms with Crippen LogP contribution in [-0.4, -0.2) is 14.5 Å². The molecule has 0 atom stereocenters. The number of nitrogens with two attached hydrogens (primary N) is 1. The lowest BCUT2D eigenvalue weighted by Crippen LogP contribution is -2.35. The smallest absolute Gasteiger partial charge is 0.393 e. The molecule has 0 spiro atoms. The lowest BCUT2D eigenvalue weighted by Gasteiger charge is -2.09. The molecular formula is C11H7F3N4O4. The van der Waals surface area contributed by atoms with E-state index < -0.39 is 33.7 Å². The van der Waals surface area contributed by atoms with E-state index in [0.717, 1.165) is 18.2 Å². The summed E-state index contributed by atoms with van der Waals surface area (Å²) < 4.78 is 37.8. The minimum Gasteiger partial charge on any atom is -0.393 e. The normalized spacial score (nSPS) is 11.4. The second-order valence-corrected chi connectivity index (χ2v) is 4.16. The number of nitro groups is 1. The van der Waals surface area contributed by atoms with E-state index in [-0.39, 0.29) is 17.4 Å². The van der Waals surface area contributed by atoms with E-state index >= 15 is 0 Å². The number of benzene rings is 1. The van der Waals surface area contributed by atoms with E-state index in [0.29, 0.717) is 4.57 Å². The third kappa shape index (κ3) is 2.68. The Morgan fingerprint density at radius 3 is 2.32 bits per heavy atom. The number of hydrogen-bond acceptors (Lipinski definition) is 5. The van der Waals surface area contributed by atoms with Crippen LogP contribution in [-0.2, 0) is 6.18 Å². The fourth-order valence-electron chi connectivity index (χ4n) is 1.74. The number of hydrogen-bond donors (Lipinski definition) is 2. The maximum atomic E-state index is 12.5. The first-order valence-corrected chi connectivity index (χ1v) is 5.59. The van der Waals surface area contributed by atoms with Crippen molar-refractivity contribution in [3.63, 3.8) is 0 Å². The summed E-state index contributed by atoms with van der Waals surface area (Å²) in [5.41, 5.74) is 0.343. The highest BCUT2D eigenvalue weighted by Crippen LogP contribution is 2.26. The molecular weight excluding hydrogens is 309 g/mol. The molecule has 2 aromatic rings. The van der Waals surface area contributed by atoms with Crippen LogP contribution in [0.2, 0.25) is 0 Å². The number of nitrogens with one attached hydrogen (secondary N) is 1. The van der Waals surface area contributed by atoms with Crippen LogP contribution in [0, 0.1) is 10.1 Å². The van der Waals surface area contributed by atoms with Crippen molar-refractivity contribution in [1.29, 1.82) is 0 Å². The summed E-state index contributed by atoms with van der Waals surface area (Å²) in [4.78, 5) is 34.7. The molecule has 0 unspecified atom stereocenters. The number of aromatic amines is 1. The van der Waals surface area contributed by atoms with Crippen molar-refractivity contribution < 1.29 is 18.1 Å². The number of aromatic nitrogens is 2. The summed E-state index contributed by atoms with van der Waals surface area (Å²) in [6.07, 6.45) is -4.88. The fourth-order valence-corrected chi connectivity index (χ4v) is 1.74. The van der Waals surface area contributed by atoms with Crippen molar-refractivity contribution in [2.45, 2.75) is 6.18 Å². The number of nitro benzene ring substituents is 1. The molecule has 0 saturated carbocycles. The van der Waals surface area contributed by atoms with Gasteiger partial charge in [-0.2, -0.15) is 13.2 Å². The van der Waals surface area contributed by atoms with Gasteiger partial charge in [-0.1, -0.05) is 0 Å². The van der Waals surface area contributed by atoms with Crippen molar-refractivity contribution in [3.8, 4) is 5.69 Å². The predicted molar refractivity (Wildman–Crippen MR) is 68.7 cm³/mol. The van der Waals surface area contributed by atoms with Gasteiger partial charge in [-0.3, -0.25) is 14.9 Å². The summed E-state index contributed by atoms with van der Waals surface area (Å²) in [6.45, 7) is 0. The number of nitrogen functional groups attached to an aromatic ring is 1. The number of halogens is 3. The first-order chi connectivity index (χ1) is 10.1. The van der Waals surface area contributed by atoms with E-state index in [2.05, 4.69) is 0 Å². The Morgan fingerprint density at radius 1 is 1.23 bits per heavy atom. The second kappa shape index (κ2) is 5.02. The Bertz CT molecular complexity index is 838. The molecule has 3 N–H and O–H groups in total. The van der Waals surface area contributed by atoms with Gasteiger partial charge in [0.05, 0.1) is 10.6 Å². The first kappa shape index (κ1) is 15.3. The minimum atomic E-state index is -4.88. The van der Waals surface area contributed by atoms with Crippen molar-refractivity contribution in [2.24, 2.45) is 0 Å². The number of nitrogens with zero attached hydrogens (tertiary/aromatic N) is 2. The number of alkyl halides is 3. The van der Waals surface area contributed by atoms with Crippen LogP contribution in [0.1, 0.15) is 5.69 Å². The van der Waals surface area contributed by atoms with Gasteiger partial charge in [-0.15, -0.1) is 0 Å². The van der Waals surface area contributed by atoms with Gasteiger partial charge < -0.3 is 10.7 Å². The van der Waals surface area contributed by atoms with E-state index in [4.69, 9.17) is 5.73 Å². The van der Waals surface area contributed by atoms with Crippen LogP contribution in [0.4, 0.5) is 24.5 Å². The highest BCUT2D eigenvalue weighted by molar-refractivity contribution is 5.62. The Balaban J connectivity index is 2.65. The van der Waals surface area contributed by atoms with Crippen LogP contribution in [0.25, 0.3) is 5.69 Å². The van der Waals surface area contributed by atoms with E-state index in [1.54, 1.807) is 0 Å². The molecule has 116 valence electrons. The molecule has 0 aliphatic heterocycles. The largest absolute Gasteiger partial charge is 0.431 e. The molecule has 8 nitrogen and oxygen atoms in total. The van der Waals surface area contributed by atoms with Crippen LogP contribution in [0.5, 0.6) is 0 Å². The van der Waals surface area contributed by atoms with Crippen molar-refractivity contribution >= 4 is 11.4 Å². The molecule has 1 aromatic heterocycles. The van der Waals surface area contributed by atoms with Gasteiger partial charge in [0, 0.05) is 12.1 Å². The molecule has 11 heteroatoms. The SMILES string of the molecule is Nc1cc(-n2c(=O)cc(C(F)(F)F)[nH]c2=O)ccc1[N+](=O)[O-]. The molecule has 0 radical (unpaired) electrons. The van der Waals surface area contributed by atoms with E-state index in [9.17, 15) is 32.9 Å². The maximum Gasteiger partial charge on any atom is 0.431 e. The third-order valence-electron chi connectivity index (χ3n) is 2.70. The summed E-state index contributed by atoms with van der Waals surface area (Å²) in [5.74, 6) is 0. The molecule has 2 rings (SSSR count). The topological polar surface area (TPSA) is 124 Å². The highest BCUT2D eigenvalue weighted by atomic mass is 19.4. The zero-order chi connectivity index (χ0) is 16.7. The van der Waals surface area contributed by atoms with E-state index in [1.165, 1.54) is 4.98 Å². The molecule has 0 amide bonds. The van der Waals surface area contributed by atoms with Gasteiger partial charge in [-0.25, -0.2) is 9.36 Å². The summed E-state index contributed by atoms with van der Waals surface area (Å²) >= 11 is 0. The molecule has 22 heavy (non-hydrogen) atoms. The van der Waals surface area contributed by atoms with Crippen LogP contribution in [0.3, 0.4) is 0 Å². The Kier molecular flexibility index (Phi) is 3.49. The predicted octanol–water partition coefficient (Wildman–Crippen LogP) is 1.04. The van der Waals surface area contributed by atoms with Gasteiger partial charge >= 0.3 is 11.9 Å². The average Bonchev–Trinajstić information content (AvgIpc) is 2.36. The number of anilines is 1. The van der Waals surface area contributed by atoms with Gasteiger partial charge in [0.25, 0.3) is 11.2 Å². The standard InChI is InChI=1S/C11H7F3N4O4/c12-11(13,14)8-4-9(19)17(10(20)16-8)5-1-2-7(18(21)22)6(15)3-5/h1-4H,15H2,(H,16,20). The second-order valence-electron chi connectivity index (χ2n) is 4.16. The summed E-state index contributed by atoms with van der Waals surface area (Å²) in [5, 5.41) is 10.6. The Labute approximate surface area is 118 Å². The van der Waals surface area contributed by atoms with Gasteiger partial charge in [0.2, 0.25) is 0 Å². The summed E-state index contributed by atoms with van der Waals surface area (Å²) in [7, 11) is 0. The van der Waals surface area contributed by atoms with Crippen molar-refractivity contribution in [2.75, 3.05) is 5.73 Å². The molecule has 1 aromatic carbocycles. The number of H-pyrrole nitrogens is 1. The summed E-state index contributed by atoms with van der Waals surface area (Å²) in [6, 6.07) is 3.12. The Hall–Kier alpha value is -3.11. The van der Waals surface area contributed by atoms with Crippen molar-refractivity contribution in [1.82, 2.24) is 9.55 Å². The number of rotatable bonds is 2. The van der Waals surface area contributed by atoms with Crippen molar-refractivity contribution in [3.05, 3.63) is 60.9 Å². The zero-order valence-electron chi connectivity index (χ0n) is 10.5. The Morgan fingerprint density at radius 2 is 1.86 bits per heavy atom. The molecule has 0 bridgehead atoms. The quantitative estimate of drug-likeness (QED) is 0.486. The van der Waals surface area contributed by atoms with Crippen LogP contribution >= 0.6 is 0 Å². The van der Waals surface area contributed by atoms with Crippen LogP contribution < -0.4 is 17.0 Å². The van der Waals surface area contributed by atoms with Gasteiger partial charge in [0.15, 0.2) is 0 Å². The molecule has 0 aliphatic rings. The maximum absolute atomic E-state index is 12.5. The first-order valence-electron chi connectivity index (χ1n) is 5.59. The lowest BCUT2D eigenvalue weighted by atomic mass is 10.2. The molecule has 1 heterocycles. The molecule has 0 fully saturated rings. The fraction of sp³-hybridized carbons (Fsp3) is 0.0909. The van der Waals surface area contributed by atoms with Gasteiger partial charge in [0.1, 0.15) is 11.4 Å². The van der Waals surface area contributed by atoms with Crippen LogP contribution in [0.15, 0.2) is 33.9 Å². The zero-order valence-corrected chi connectivity index (χ0v) is 10.5. The van der Waals surface area contributed by atoms with Gasteiger partial charge in [-0.05, 0) is 12.1 Å². The molecule has 0 aliphatic carbocycles. The lowest BCUT2D eigenvalue weighted by molar-refractivity contribution is -0.383. The third-order valence-corrected chi connectivity index (χ3v) is 2.70. The monoisotopic (exact) mass is 316 g/mol. The highest BCUT2D eigenvalue weighted by Gasteiger charge is 2.33. The van der Waals surface area contributed by atoms with E-state index in [1.807, 2.05) is 0 Å². The average molecular weight is 316 g/mol. The molecule has 0 saturated heterocycles. The minimum absolute atomic E-state index is 0.192.